The fraction of sp³-hybridized carbons (Fsp3) is 0. The third-order valence-electron chi connectivity index (χ3n) is 9.06. The van der Waals surface area contributed by atoms with E-state index in [0.29, 0.717) is 34.2 Å². The number of para-hydroxylation sites is 2. The van der Waals surface area contributed by atoms with E-state index in [-0.39, 0.29) is 29.7 Å². The summed E-state index contributed by atoms with van der Waals surface area (Å²) < 4.78 is 50.5. The number of furan rings is 1. The second-order valence-electron chi connectivity index (χ2n) is 12.0. The highest BCUT2D eigenvalue weighted by molar-refractivity contribution is 7.26. The number of fused-ring (bicyclic) bond motifs is 6. The highest BCUT2D eigenvalue weighted by Crippen LogP contribution is 2.44. The number of rotatable bonds is 5. The van der Waals surface area contributed by atoms with E-state index < -0.39 is 6.04 Å². The quantitative estimate of drug-likeness (QED) is 0.184. The first-order valence-electron chi connectivity index (χ1n) is 18.7. The van der Waals surface area contributed by atoms with Crippen LogP contribution in [0.5, 0.6) is 0 Å². The molecule has 0 bridgehead atoms. The van der Waals surface area contributed by atoms with Gasteiger partial charge < -0.3 is 4.42 Å². The topological polar surface area (TPSA) is 51.8 Å². The van der Waals surface area contributed by atoms with Gasteiger partial charge in [-0.15, -0.1) is 11.3 Å². The van der Waals surface area contributed by atoms with Gasteiger partial charge in [0, 0.05) is 53.2 Å². The van der Waals surface area contributed by atoms with Crippen molar-refractivity contribution in [2.24, 2.45) is 0 Å². The molecule has 0 aliphatic rings. The van der Waals surface area contributed by atoms with Crippen molar-refractivity contribution >= 4 is 53.4 Å². The first-order valence-corrected chi connectivity index (χ1v) is 17.0. The largest absolute Gasteiger partial charge is 0.455 e. The van der Waals surface area contributed by atoms with Crippen molar-refractivity contribution in [3.8, 4) is 56.4 Å². The van der Waals surface area contributed by atoms with Crippen molar-refractivity contribution in [2.45, 2.75) is 0 Å². The molecule has 0 saturated carbocycles. The normalized spacial score (nSPS) is 13.0. The number of thiophene rings is 1. The Bertz CT molecular complexity index is 3130. The Morgan fingerprint density at radius 1 is 0.420 bits per heavy atom. The van der Waals surface area contributed by atoms with Crippen LogP contribution in [0.3, 0.4) is 0 Å². The lowest BCUT2D eigenvalue weighted by Crippen LogP contribution is -2.00. The average Bonchev–Trinajstić information content (AvgIpc) is 3.82. The fourth-order valence-electron chi connectivity index (χ4n) is 6.69. The minimum Gasteiger partial charge on any atom is -0.455 e. The van der Waals surface area contributed by atoms with Gasteiger partial charge >= 0.3 is 0 Å². The standard InChI is InChI=1S/C45H27N3OS/c1-3-12-28(13-4-1)29-24-26-31(27-25-29)44-46-43(30-14-5-2-6-15-30)47-45(48-44)38-22-10-18-34-33-17-9-19-35(40(33)49-41(34)38)37-21-11-20-36-32-16-7-8-23-39(32)50-42(36)37/h1-27H/i1D,3D,4D,12D,13D. The molecule has 0 aliphatic heterocycles. The molecule has 5 heteroatoms. The summed E-state index contributed by atoms with van der Waals surface area (Å²) in [6, 6.07) is 42.3. The SMILES string of the molecule is [2H]c1c([2H])c([2H])c(-c2ccc(-c3nc(-c4ccccc4)nc(-c4cccc5c4oc4c(-c6cccc7c6sc6ccccc67)cccc45)n3)cc2)c([2H])c1[2H]. The predicted octanol–water partition coefficient (Wildman–Crippen LogP) is 12.5. The lowest BCUT2D eigenvalue weighted by atomic mass is 10.00. The maximum absolute atomic E-state index is 8.45. The van der Waals surface area contributed by atoms with Crippen LogP contribution < -0.4 is 0 Å². The van der Waals surface area contributed by atoms with Gasteiger partial charge in [-0.05, 0) is 23.3 Å². The summed E-state index contributed by atoms with van der Waals surface area (Å²) in [6.07, 6.45) is 0. The predicted molar refractivity (Wildman–Crippen MR) is 207 cm³/mol. The second-order valence-corrected chi connectivity index (χ2v) is 13.0. The number of nitrogens with zero attached hydrogens (tertiary/aromatic N) is 3. The van der Waals surface area contributed by atoms with Crippen molar-refractivity contribution in [3.05, 3.63) is 164 Å². The minimum atomic E-state index is -0.425. The average molecular weight is 663 g/mol. The Morgan fingerprint density at radius 2 is 0.980 bits per heavy atom. The van der Waals surface area contributed by atoms with Crippen molar-refractivity contribution in [2.75, 3.05) is 0 Å². The van der Waals surface area contributed by atoms with Crippen LogP contribution in [0.15, 0.2) is 168 Å². The Labute approximate surface area is 299 Å². The molecule has 10 aromatic rings. The van der Waals surface area contributed by atoms with E-state index in [1.807, 2.05) is 42.5 Å². The van der Waals surface area contributed by atoms with Crippen LogP contribution >= 0.6 is 11.3 Å². The first kappa shape index (κ1) is 23.8. The molecule has 0 fully saturated rings. The molecule has 10 rings (SSSR count). The molecule has 0 aliphatic carbocycles. The molecule has 7 aromatic carbocycles. The Kier molecular flexibility index (Phi) is 5.54. The van der Waals surface area contributed by atoms with Crippen LogP contribution in [-0.2, 0) is 0 Å². The van der Waals surface area contributed by atoms with E-state index in [4.69, 9.17) is 26.2 Å². The Morgan fingerprint density at radius 3 is 1.74 bits per heavy atom. The van der Waals surface area contributed by atoms with Crippen LogP contribution in [0.25, 0.3) is 98.5 Å². The molecular weight excluding hydrogens is 631 g/mol. The Balaban J connectivity index is 1.14. The highest BCUT2D eigenvalue weighted by Gasteiger charge is 2.20. The van der Waals surface area contributed by atoms with Crippen LogP contribution in [0.2, 0.25) is 0 Å². The second kappa shape index (κ2) is 11.6. The highest BCUT2D eigenvalue weighted by atomic mass is 32.1. The van der Waals surface area contributed by atoms with E-state index in [0.717, 1.165) is 38.6 Å². The van der Waals surface area contributed by atoms with Crippen molar-refractivity contribution in [1.82, 2.24) is 15.0 Å². The summed E-state index contributed by atoms with van der Waals surface area (Å²) in [6.45, 7) is 0. The third kappa shape index (κ3) is 4.71. The molecule has 0 N–H and O–H groups in total. The fourth-order valence-corrected chi connectivity index (χ4v) is 7.92. The summed E-state index contributed by atoms with van der Waals surface area (Å²) in [7, 11) is 0. The van der Waals surface area contributed by atoms with Gasteiger partial charge in [0.2, 0.25) is 0 Å². The summed E-state index contributed by atoms with van der Waals surface area (Å²) in [5.41, 5.74) is 6.42. The van der Waals surface area contributed by atoms with Crippen molar-refractivity contribution in [3.63, 3.8) is 0 Å². The molecule has 3 heterocycles. The van der Waals surface area contributed by atoms with Gasteiger partial charge in [0.05, 0.1) is 12.4 Å². The van der Waals surface area contributed by atoms with Crippen molar-refractivity contribution < 1.29 is 11.3 Å². The molecule has 0 unspecified atom stereocenters. The van der Waals surface area contributed by atoms with Gasteiger partial charge in [0.25, 0.3) is 0 Å². The van der Waals surface area contributed by atoms with Gasteiger partial charge in [-0.2, -0.15) is 0 Å². The van der Waals surface area contributed by atoms with E-state index >= 15 is 0 Å². The number of aromatic nitrogens is 3. The monoisotopic (exact) mass is 662 g/mol. The lowest BCUT2D eigenvalue weighted by molar-refractivity contribution is 0.670. The van der Waals surface area contributed by atoms with E-state index in [1.165, 1.54) is 20.2 Å². The van der Waals surface area contributed by atoms with Gasteiger partial charge in [-0.1, -0.05) is 152 Å². The summed E-state index contributed by atoms with van der Waals surface area (Å²) >= 11 is 1.79. The van der Waals surface area contributed by atoms with Crippen molar-refractivity contribution in [1.29, 1.82) is 0 Å². The molecule has 3 aromatic heterocycles. The van der Waals surface area contributed by atoms with Gasteiger partial charge in [-0.25, -0.2) is 15.0 Å². The lowest BCUT2D eigenvalue weighted by Gasteiger charge is -2.09. The molecule has 234 valence electrons. The number of benzene rings is 7. The smallest absolute Gasteiger partial charge is 0.167 e. The van der Waals surface area contributed by atoms with E-state index in [9.17, 15) is 0 Å². The van der Waals surface area contributed by atoms with Crippen LogP contribution in [0.4, 0.5) is 0 Å². The zero-order valence-electron chi connectivity index (χ0n) is 31.4. The van der Waals surface area contributed by atoms with E-state index in [2.05, 4.69) is 66.7 Å². The molecule has 0 atom stereocenters. The number of hydrogen-bond donors (Lipinski definition) is 0. The van der Waals surface area contributed by atoms with Gasteiger partial charge in [-0.3, -0.25) is 0 Å². The van der Waals surface area contributed by atoms with Gasteiger partial charge in [0.1, 0.15) is 11.2 Å². The molecule has 50 heavy (non-hydrogen) atoms. The van der Waals surface area contributed by atoms with Crippen LogP contribution in [0, 0.1) is 0 Å². The van der Waals surface area contributed by atoms with Crippen LogP contribution in [0.1, 0.15) is 6.85 Å². The summed E-state index contributed by atoms with van der Waals surface area (Å²) in [4.78, 5) is 14.9. The van der Waals surface area contributed by atoms with E-state index in [1.54, 1.807) is 35.6 Å². The molecule has 0 amide bonds. The van der Waals surface area contributed by atoms with Crippen LogP contribution in [-0.4, -0.2) is 15.0 Å². The summed E-state index contributed by atoms with van der Waals surface area (Å²) in [5, 5.41) is 4.41. The zero-order valence-corrected chi connectivity index (χ0v) is 27.2. The van der Waals surface area contributed by atoms with Gasteiger partial charge in [0.15, 0.2) is 17.5 Å². The first-order chi connectivity index (χ1) is 26.9. The molecule has 4 nitrogen and oxygen atoms in total. The molecule has 0 radical (unpaired) electrons. The zero-order chi connectivity index (χ0) is 37.4. The minimum absolute atomic E-state index is 0.137. The molecule has 0 spiro atoms. The molecular formula is C45H27N3OS. The maximum Gasteiger partial charge on any atom is 0.167 e. The Hall–Kier alpha value is -6.43. The third-order valence-corrected chi connectivity index (χ3v) is 10.3. The number of hydrogen-bond acceptors (Lipinski definition) is 5. The molecule has 0 saturated heterocycles. The maximum atomic E-state index is 8.45. The summed E-state index contributed by atoms with van der Waals surface area (Å²) in [5.74, 6) is 1.35.